The molecule has 1 aromatic rings. The molecule has 1 fully saturated rings. The van der Waals surface area contributed by atoms with Gasteiger partial charge < -0.3 is 14.7 Å². The molecule has 0 bridgehead atoms. The fraction of sp³-hybridized carbons (Fsp3) is 0.667. The summed E-state index contributed by atoms with van der Waals surface area (Å²) in [4.78, 5) is 17.6. The number of carbonyl (C=O) groups is 1. The topological polar surface area (TPSA) is 71.3 Å². The number of piperazine rings is 1. The molecule has 1 aromatic heterocycles. The van der Waals surface area contributed by atoms with Gasteiger partial charge in [0.2, 0.25) is 5.91 Å². The molecule has 1 saturated heterocycles. The predicted molar refractivity (Wildman–Crippen MR) is 59.2 cm³/mol. The highest BCUT2D eigenvalue weighted by Gasteiger charge is 2.17. The number of aryl methyl sites for hydroxylation is 1. The van der Waals surface area contributed by atoms with Crippen LogP contribution in [0.3, 0.4) is 0 Å². The second-order valence-electron chi connectivity index (χ2n) is 3.53. The number of rotatable bonds is 3. The molecule has 0 saturated carbocycles. The molecule has 0 atom stereocenters. The van der Waals surface area contributed by atoms with Crippen molar-refractivity contribution in [3.8, 4) is 0 Å². The molecule has 0 aromatic carbocycles. The first-order valence-electron chi connectivity index (χ1n) is 5.17. The first kappa shape index (κ1) is 11.4. The number of hydrogen-bond acceptors (Lipinski definition) is 6. The van der Waals surface area contributed by atoms with Crippen LogP contribution in [-0.2, 0) is 4.79 Å². The van der Waals surface area contributed by atoms with Crippen molar-refractivity contribution in [1.82, 2.24) is 20.4 Å². The quantitative estimate of drug-likeness (QED) is 0.746. The highest BCUT2D eigenvalue weighted by Crippen LogP contribution is 2.15. The molecule has 0 spiro atoms. The summed E-state index contributed by atoms with van der Waals surface area (Å²) in [5.74, 6) is 1.08. The fourth-order valence-electron chi connectivity index (χ4n) is 1.47. The predicted octanol–water partition coefficient (Wildman–Crippen LogP) is -0.0981. The summed E-state index contributed by atoms with van der Waals surface area (Å²) in [5, 5.41) is 7.33. The molecule has 1 N–H and O–H groups in total. The second-order valence-corrected chi connectivity index (χ2v) is 4.45. The summed E-state index contributed by atoms with van der Waals surface area (Å²) in [5.41, 5.74) is 0. The molecule has 1 aliphatic heterocycles. The van der Waals surface area contributed by atoms with Gasteiger partial charge in [0.05, 0.1) is 5.75 Å². The van der Waals surface area contributed by atoms with Gasteiger partial charge in [-0.15, -0.1) is 0 Å². The van der Waals surface area contributed by atoms with Crippen LogP contribution in [0.5, 0.6) is 0 Å². The Kier molecular flexibility index (Phi) is 3.79. The van der Waals surface area contributed by atoms with Gasteiger partial charge in [0.25, 0.3) is 5.22 Å². The van der Waals surface area contributed by atoms with E-state index in [0.717, 1.165) is 26.2 Å². The lowest BCUT2D eigenvalue weighted by Gasteiger charge is -2.27. The van der Waals surface area contributed by atoms with E-state index >= 15 is 0 Å². The van der Waals surface area contributed by atoms with Crippen LogP contribution in [0.15, 0.2) is 9.75 Å². The Morgan fingerprint density at radius 3 is 2.94 bits per heavy atom. The minimum Gasteiger partial charge on any atom is -0.339 e. The van der Waals surface area contributed by atoms with Gasteiger partial charge >= 0.3 is 0 Å². The number of aromatic nitrogens is 2. The third-order valence-electron chi connectivity index (χ3n) is 2.30. The van der Waals surface area contributed by atoms with E-state index in [9.17, 15) is 4.79 Å². The Morgan fingerprint density at radius 1 is 1.56 bits per heavy atom. The van der Waals surface area contributed by atoms with Gasteiger partial charge in [-0.05, 0) is 6.92 Å². The average molecular weight is 242 g/mol. The normalized spacial score (nSPS) is 16.4. The largest absolute Gasteiger partial charge is 0.339 e. The molecule has 0 aliphatic carbocycles. The Bertz CT molecular complexity index is 362. The van der Waals surface area contributed by atoms with Crippen molar-refractivity contribution in [2.45, 2.75) is 12.1 Å². The molecule has 6 nitrogen and oxygen atoms in total. The zero-order valence-electron chi connectivity index (χ0n) is 9.10. The van der Waals surface area contributed by atoms with Crippen molar-refractivity contribution < 1.29 is 9.32 Å². The zero-order valence-corrected chi connectivity index (χ0v) is 9.92. The van der Waals surface area contributed by atoms with Crippen LogP contribution in [0.4, 0.5) is 0 Å². The molecule has 16 heavy (non-hydrogen) atoms. The molecular weight excluding hydrogens is 228 g/mol. The molecule has 0 radical (unpaired) electrons. The van der Waals surface area contributed by atoms with Gasteiger partial charge in [-0.1, -0.05) is 16.9 Å². The molecule has 1 amide bonds. The Labute approximate surface area is 97.8 Å². The van der Waals surface area contributed by atoms with Gasteiger partial charge in [-0.3, -0.25) is 4.79 Å². The first-order chi connectivity index (χ1) is 7.75. The molecular formula is C9H14N4O2S. The SMILES string of the molecule is Cc1noc(SCC(=O)N2CCNCC2)n1. The molecule has 88 valence electrons. The van der Waals surface area contributed by atoms with Crippen LogP contribution < -0.4 is 5.32 Å². The van der Waals surface area contributed by atoms with Crippen molar-refractivity contribution in [3.05, 3.63) is 5.82 Å². The Balaban J connectivity index is 1.78. The number of nitrogens with one attached hydrogen (secondary N) is 1. The Hall–Kier alpha value is -1.08. The van der Waals surface area contributed by atoms with Crippen LogP contribution in [-0.4, -0.2) is 52.9 Å². The van der Waals surface area contributed by atoms with E-state index in [-0.39, 0.29) is 5.91 Å². The monoisotopic (exact) mass is 242 g/mol. The maximum absolute atomic E-state index is 11.8. The lowest BCUT2D eigenvalue weighted by molar-refractivity contribution is -0.128. The molecule has 0 unspecified atom stereocenters. The van der Waals surface area contributed by atoms with E-state index in [1.807, 2.05) is 4.90 Å². The lowest BCUT2D eigenvalue weighted by atomic mass is 10.3. The van der Waals surface area contributed by atoms with E-state index in [2.05, 4.69) is 15.5 Å². The summed E-state index contributed by atoms with van der Waals surface area (Å²) < 4.78 is 4.92. The standard InChI is InChI=1S/C9H14N4O2S/c1-7-11-9(15-12-7)16-6-8(14)13-4-2-10-3-5-13/h10H,2-6H2,1H3. The van der Waals surface area contributed by atoms with Crippen LogP contribution >= 0.6 is 11.8 Å². The summed E-state index contributed by atoms with van der Waals surface area (Å²) in [7, 11) is 0. The van der Waals surface area contributed by atoms with Crippen LogP contribution in [0.2, 0.25) is 0 Å². The zero-order chi connectivity index (χ0) is 11.4. The highest BCUT2D eigenvalue weighted by atomic mass is 32.2. The molecule has 7 heteroatoms. The summed E-state index contributed by atoms with van der Waals surface area (Å²) in [6.07, 6.45) is 0. The maximum Gasteiger partial charge on any atom is 0.286 e. The van der Waals surface area contributed by atoms with E-state index in [1.165, 1.54) is 11.8 Å². The van der Waals surface area contributed by atoms with Crippen molar-refractivity contribution in [2.75, 3.05) is 31.9 Å². The highest BCUT2D eigenvalue weighted by molar-refractivity contribution is 7.99. The average Bonchev–Trinajstić information content (AvgIpc) is 2.73. The van der Waals surface area contributed by atoms with E-state index in [1.54, 1.807) is 6.92 Å². The van der Waals surface area contributed by atoms with Crippen molar-refractivity contribution >= 4 is 17.7 Å². The summed E-state index contributed by atoms with van der Waals surface area (Å²) >= 11 is 1.29. The summed E-state index contributed by atoms with van der Waals surface area (Å²) in [6, 6.07) is 0. The third kappa shape index (κ3) is 2.96. The van der Waals surface area contributed by atoms with Crippen molar-refractivity contribution in [1.29, 1.82) is 0 Å². The molecule has 2 rings (SSSR count). The number of thioether (sulfide) groups is 1. The minimum absolute atomic E-state index is 0.127. The van der Waals surface area contributed by atoms with Gasteiger partial charge in [-0.2, -0.15) is 4.98 Å². The van der Waals surface area contributed by atoms with Crippen molar-refractivity contribution in [2.24, 2.45) is 0 Å². The number of amides is 1. The first-order valence-corrected chi connectivity index (χ1v) is 6.16. The number of nitrogens with zero attached hydrogens (tertiary/aromatic N) is 3. The van der Waals surface area contributed by atoms with E-state index < -0.39 is 0 Å². The maximum atomic E-state index is 11.8. The van der Waals surface area contributed by atoms with Gasteiger partial charge in [0, 0.05) is 26.2 Å². The third-order valence-corrected chi connectivity index (χ3v) is 3.10. The molecule has 2 heterocycles. The molecule has 1 aliphatic rings. The number of hydrogen-bond donors (Lipinski definition) is 1. The number of carbonyl (C=O) groups excluding carboxylic acids is 1. The Morgan fingerprint density at radius 2 is 2.31 bits per heavy atom. The van der Waals surface area contributed by atoms with Gasteiger partial charge in [0.15, 0.2) is 5.82 Å². The van der Waals surface area contributed by atoms with Gasteiger partial charge in [0.1, 0.15) is 0 Å². The van der Waals surface area contributed by atoms with Gasteiger partial charge in [-0.25, -0.2) is 0 Å². The van der Waals surface area contributed by atoms with Crippen LogP contribution in [0.25, 0.3) is 0 Å². The fourth-order valence-corrected chi connectivity index (χ4v) is 2.18. The lowest BCUT2D eigenvalue weighted by Crippen LogP contribution is -2.47. The smallest absolute Gasteiger partial charge is 0.286 e. The minimum atomic E-state index is 0.127. The van der Waals surface area contributed by atoms with E-state index in [0.29, 0.717) is 16.8 Å². The van der Waals surface area contributed by atoms with Crippen LogP contribution in [0, 0.1) is 6.92 Å². The van der Waals surface area contributed by atoms with E-state index in [4.69, 9.17) is 4.52 Å². The summed E-state index contributed by atoms with van der Waals surface area (Å²) in [6.45, 7) is 5.06. The van der Waals surface area contributed by atoms with Crippen molar-refractivity contribution in [3.63, 3.8) is 0 Å². The second kappa shape index (κ2) is 5.31. The van der Waals surface area contributed by atoms with Crippen LogP contribution in [0.1, 0.15) is 5.82 Å².